The summed E-state index contributed by atoms with van der Waals surface area (Å²) in [6.07, 6.45) is 4.35. The smallest absolute Gasteiger partial charge is 0.232 e. The van der Waals surface area contributed by atoms with Crippen molar-refractivity contribution in [1.29, 1.82) is 0 Å². The van der Waals surface area contributed by atoms with Crippen LogP contribution in [0.25, 0.3) is 11.4 Å². The van der Waals surface area contributed by atoms with E-state index >= 15 is 0 Å². The van der Waals surface area contributed by atoms with E-state index in [0.717, 1.165) is 0 Å². The Morgan fingerprint density at radius 3 is 2.67 bits per heavy atom. The minimum atomic E-state index is -0.419. The third-order valence-electron chi connectivity index (χ3n) is 1.84. The second kappa shape index (κ2) is 4.00. The van der Waals surface area contributed by atoms with E-state index in [9.17, 15) is 4.39 Å². The number of nitrogens with zero attached hydrogens (tertiary/aromatic N) is 3. The number of methoxy groups -OCH3 is 1. The Labute approximate surface area is 85.8 Å². The van der Waals surface area contributed by atoms with Crippen LogP contribution in [0.4, 0.5) is 4.39 Å². The fourth-order valence-corrected chi connectivity index (χ4v) is 1.12. The summed E-state index contributed by atoms with van der Waals surface area (Å²) < 4.78 is 18.1. The van der Waals surface area contributed by atoms with Crippen LogP contribution in [0.15, 0.2) is 30.7 Å². The molecule has 0 aliphatic carbocycles. The lowest BCUT2D eigenvalue weighted by atomic mass is 10.3. The summed E-state index contributed by atoms with van der Waals surface area (Å²) >= 11 is 0. The van der Waals surface area contributed by atoms with Crippen LogP contribution in [0, 0.1) is 5.82 Å². The Kier molecular flexibility index (Phi) is 2.53. The number of pyridine rings is 1. The Bertz CT molecular complexity index is 458. The van der Waals surface area contributed by atoms with Crippen LogP contribution in [0.1, 0.15) is 0 Å². The zero-order valence-corrected chi connectivity index (χ0v) is 8.01. The quantitative estimate of drug-likeness (QED) is 0.748. The molecule has 2 aromatic rings. The van der Waals surface area contributed by atoms with E-state index < -0.39 is 5.82 Å². The van der Waals surface area contributed by atoms with Crippen LogP contribution in [-0.4, -0.2) is 22.1 Å². The first-order chi connectivity index (χ1) is 7.31. The van der Waals surface area contributed by atoms with Crippen molar-refractivity contribution < 1.29 is 9.13 Å². The van der Waals surface area contributed by atoms with Crippen molar-refractivity contribution in [3.63, 3.8) is 0 Å². The number of halogens is 1. The monoisotopic (exact) mass is 205 g/mol. The van der Waals surface area contributed by atoms with Gasteiger partial charge in [0, 0.05) is 6.20 Å². The molecule has 0 aliphatic rings. The number of hydrogen-bond acceptors (Lipinski definition) is 4. The molecule has 2 heterocycles. The highest BCUT2D eigenvalue weighted by Gasteiger charge is 2.07. The van der Waals surface area contributed by atoms with Gasteiger partial charge in [-0.1, -0.05) is 0 Å². The lowest BCUT2D eigenvalue weighted by molar-refractivity contribution is 0.396. The molecule has 2 rings (SSSR count). The molecule has 0 unspecified atom stereocenters. The SMILES string of the molecule is COc1cnc(-c2ncccc2F)cn1. The second-order valence-electron chi connectivity index (χ2n) is 2.78. The molecule has 0 spiro atoms. The average Bonchev–Trinajstić information content (AvgIpc) is 2.30. The minimum Gasteiger partial charge on any atom is -0.480 e. The molecule has 0 N–H and O–H groups in total. The third-order valence-corrected chi connectivity index (χ3v) is 1.84. The van der Waals surface area contributed by atoms with Crippen LogP contribution in [0.5, 0.6) is 5.88 Å². The fraction of sp³-hybridized carbons (Fsp3) is 0.100. The van der Waals surface area contributed by atoms with Gasteiger partial charge in [-0.3, -0.25) is 4.98 Å². The maximum atomic E-state index is 13.3. The standard InChI is InChI=1S/C10H8FN3O/c1-15-9-6-13-8(5-14-9)10-7(11)3-2-4-12-10/h2-6H,1H3. The van der Waals surface area contributed by atoms with Gasteiger partial charge in [0.05, 0.1) is 19.5 Å². The second-order valence-corrected chi connectivity index (χ2v) is 2.78. The van der Waals surface area contributed by atoms with Gasteiger partial charge >= 0.3 is 0 Å². The van der Waals surface area contributed by atoms with Gasteiger partial charge in [0.15, 0.2) is 5.82 Å². The number of aromatic nitrogens is 3. The van der Waals surface area contributed by atoms with Crippen molar-refractivity contribution in [3.8, 4) is 17.3 Å². The van der Waals surface area contributed by atoms with Gasteiger partial charge in [0.25, 0.3) is 0 Å². The summed E-state index contributed by atoms with van der Waals surface area (Å²) in [6.45, 7) is 0. The van der Waals surface area contributed by atoms with E-state index in [-0.39, 0.29) is 5.69 Å². The molecule has 0 fully saturated rings. The molecule has 15 heavy (non-hydrogen) atoms. The maximum Gasteiger partial charge on any atom is 0.232 e. The van der Waals surface area contributed by atoms with Gasteiger partial charge < -0.3 is 4.74 Å². The Balaban J connectivity index is 2.42. The van der Waals surface area contributed by atoms with Crippen LogP contribution < -0.4 is 4.74 Å². The first-order valence-electron chi connectivity index (χ1n) is 4.28. The molecule has 0 bridgehead atoms. The molecule has 2 aromatic heterocycles. The van der Waals surface area contributed by atoms with Gasteiger partial charge in [-0.15, -0.1) is 0 Å². The topological polar surface area (TPSA) is 47.9 Å². The summed E-state index contributed by atoms with van der Waals surface area (Å²) in [6, 6.07) is 2.85. The Morgan fingerprint density at radius 2 is 2.07 bits per heavy atom. The molecule has 4 nitrogen and oxygen atoms in total. The van der Waals surface area contributed by atoms with E-state index in [1.165, 1.54) is 37.8 Å². The molecule has 5 heteroatoms. The van der Waals surface area contributed by atoms with E-state index in [1.54, 1.807) is 0 Å². The molecular formula is C10H8FN3O. The summed E-state index contributed by atoms with van der Waals surface area (Å²) in [5, 5.41) is 0. The van der Waals surface area contributed by atoms with Gasteiger partial charge in [-0.25, -0.2) is 14.4 Å². The molecular weight excluding hydrogens is 197 g/mol. The van der Waals surface area contributed by atoms with Crippen molar-refractivity contribution in [3.05, 3.63) is 36.5 Å². The highest BCUT2D eigenvalue weighted by molar-refractivity contribution is 5.53. The number of rotatable bonds is 2. The number of hydrogen-bond donors (Lipinski definition) is 0. The van der Waals surface area contributed by atoms with Gasteiger partial charge in [-0.05, 0) is 12.1 Å². The minimum absolute atomic E-state index is 0.188. The predicted octanol–water partition coefficient (Wildman–Crippen LogP) is 1.69. The van der Waals surface area contributed by atoms with Gasteiger partial charge in [0.1, 0.15) is 11.4 Å². The molecule has 0 aromatic carbocycles. The summed E-state index contributed by atoms with van der Waals surface area (Å²) in [5.41, 5.74) is 0.571. The van der Waals surface area contributed by atoms with Gasteiger partial charge in [-0.2, -0.15) is 0 Å². The van der Waals surface area contributed by atoms with Crippen molar-refractivity contribution >= 4 is 0 Å². The molecule has 0 atom stereocenters. The Morgan fingerprint density at radius 1 is 1.20 bits per heavy atom. The van der Waals surface area contributed by atoms with Crippen molar-refractivity contribution in [2.75, 3.05) is 7.11 Å². The molecule has 0 saturated heterocycles. The van der Waals surface area contributed by atoms with Crippen LogP contribution in [0.3, 0.4) is 0 Å². The lowest BCUT2D eigenvalue weighted by Crippen LogP contribution is -1.94. The summed E-state index contributed by atoms with van der Waals surface area (Å²) in [4.78, 5) is 11.8. The van der Waals surface area contributed by atoms with E-state index in [0.29, 0.717) is 11.6 Å². The van der Waals surface area contributed by atoms with Crippen LogP contribution in [-0.2, 0) is 0 Å². The molecule has 0 aliphatic heterocycles. The summed E-state index contributed by atoms with van der Waals surface area (Å²) in [7, 11) is 1.49. The first-order valence-corrected chi connectivity index (χ1v) is 4.28. The van der Waals surface area contributed by atoms with Crippen molar-refractivity contribution in [2.24, 2.45) is 0 Å². The fourth-order valence-electron chi connectivity index (χ4n) is 1.12. The molecule has 0 saturated carbocycles. The zero-order valence-electron chi connectivity index (χ0n) is 8.01. The van der Waals surface area contributed by atoms with E-state index in [2.05, 4.69) is 15.0 Å². The molecule has 0 radical (unpaired) electrons. The van der Waals surface area contributed by atoms with Crippen LogP contribution in [0.2, 0.25) is 0 Å². The molecule has 0 amide bonds. The largest absolute Gasteiger partial charge is 0.480 e. The normalized spacial score (nSPS) is 10.0. The lowest BCUT2D eigenvalue weighted by Gasteiger charge is -2.01. The summed E-state index contributed by atoms with van der Waals surface area (Å²) in [5.74, 6) is -0.0351. The highest BCUT2D eigenvalue weighted by Crippen LogP contribution is 2.17. The highest BCUT2D eigenvalue weighted by atomic mass is 19.1. The van der Waals surface area contributed by atoms with Crippen molar-refractivity contribution in [2.45, 2.75) is 0 Å². The van der Waals surface area contributed by atoms with Crippen LogP contribution >= 0.6 is 0 Å². The molecule has 76 valence electrons. The van der Waals surface area contributed by atoms with Gasteiger partial charge in [0.2, 0.25) is 5.88 Å². The van der Waals surface area contributed by atoms with E-state index in [4.69, 9.17) is 4.74 Å². The number of ether oxygens (including phenoxy) is 1. The Hall–Kier alpha value is -2.04. The van der Waals surface area contributed by atoms with Crippen molar-refractivity contribution in [1.82, 2.24) is 15.0 Å². The predicted molar refractivity (Wildman–Crippen MR) is 51.8 cm³/mol. The van der Waals surface area contributed by atoms with E-state index in [1.807, 2.05) is 0 Å². The first kappa shape index (κ1) is 9.51. The zero-order chi connectivity index (χ0) is 10.7. The maximum absolute atomic E-state index is 13.3. The average molecular weight is 205 g/mol. The third kappa shape index (κ3) is 1.90.